The molecule has 0 fully saturated rings. The molecule has 2 rings (SSSR count). The first-order chi connectivity index (χ1) is 13.7. The Morgan fingerprint density at radius 2 is 1.66 bits per heavy atom. The Labute approximate surface area is 166 Å². The zero-order valence-electron chi connectivity index (χ0n) is 16.2. The molecule has 0 aliphatic carbocycles. The number of nitro groups is 1. The second-order valence-corrected chi connectivity index (χ2v) is 6.29. The van der Waals surface area contributed by atoms with E-state index >= 15 is 0 Å². The average Bonchev–Trinajstić information content (AvgIpc) is 2.67. The lowest BCUT2D eigenvalue weighted by atomic mass is 10.1. The van der Waals surface area contributed by atoms with Crippen LogP contribution in [-0.4, -0.2) is 35.8 Å². The van der Waals surface area contributed by atoms with Gasteiger partial charge in [0, 0.05) is 11.6 Å². The van der Waals surface area contributed by atoms with Gasteiger partial charge in [0.05, 0.1) is 4.92 Å². The second-order valence-electron chi connectivity index (χ2n) is 6.29. The predicted octanol–water partition coefficient (Wildman–Crippen LogP) is 2.97. The van der Waals surface area contributed by atoms with Gasteiger partial charge in [0.25, 0.3) is 11.6 Å². The van der Waals surface area contributed by atoms with Crippen molar-refractivity contribution in [2.24, 2.45) is 0 Å². The highest BCUT2D eigenvalue weighted by Crippen LogP contribution is 2.27. The van der Waals surface area contributed by atoms with E-state index in [-0.39, 0.29) is 17.2 Å². The zero-order valence-corrected chi connectivity index (χ0v) is 16.2. The number of carbonyl (C=O) groups is 3. The summed E-state index contributed by atoms with van der Waals surface area (Å²) in [6.45, 7) is 3.87. The van der Waals surface area contributed by atoms with Crippen LogP contribution in [0.25, 0.3) is 0 Å². The molecule has 29 heavy (non-hydrogen) atoms. The van der Waals surface area contributed by atoms with Crippen molar-refractivity contribution < 1.29 is 28.8 Å². The summed E-state index contributed by atoms with van der Waals surface area (Å²) in [7, 11) is 0. The number of ether oxygens (including phenoxy) is 2. The van der Waals surface area contributed by atoms with Gasteiger partial charge in [0.2, 0.25) is 0 Å². The molecule has 0 heterocycles. The fraction of sp³-hybridized carbons (Fsp3) is 0.250. The Bertz CT molecular complexity index is 952. The summed E-state index contributed by atoms with van der Waals surface area (Å²) in [4.78, 5) is 45.5. The third kappa shape index (κ3) is 6.13. The number of benzene rings is 2. The van der Waals surface area contributed by atoms with Gasteiger partial charge < -0.3 is 14.8 Å². The molecule has 0 saturated carbocycles. The summed E-state index contributed by atoms with van der Waals surface area (Å²) in [5.74, 6) is -1.23. The molecule has 2 aromatic carbocycles. The number of ketones is 1. The summed E-state index contributed by atoms with van der Waals surface area (Å²) in [5.41, 5.74) is 1.78. The van der Waals surface area contributed by atoms with Crippen LogP contribution in [0.1, 0.15) is 28.4 Å². The lowest BCUT2D eigenvalue weighted by Gasteiger charge is -2.10. The molecule has 9 nitrogen and oxygen atoms in total. The van der Waals surface area contributed by atoms with Gasteiger partial charge in [0.15, 0.2) is 19.0 Å². The van der Waals surface area contributed by atoms with E-state index in [1.54, 1.807) is 26.0 Å². The number of hydrogen-bond donors (Lipinski definition) is 1. The largest absolute Gasteiger partial charge is 0.482 e. The fourth-order valence-corrected chi connectivity index (χ4v) is 2.35. The Balaban J connectivity index is 1.86. The third-order valence-corrected chi connectivity index (χ3v) is 4.06. The number of rotatable bonds is 8. The highest BCUT2D eigenvalue weighted by atomic mass is 16.6. The molecule has 1 N–H and O–H groups in total. The number of aryl methyl sites for hydroxylation is 2. The Morgan fingerprint density at radius 1 is 1.03 bits per heavy atom. The molecule has 0 radical (unpaired) electrons. The van der Waals surface area contributed by atoms with Gasteiger partial charge >= 0.3 is 5.97 Å². The van der Waals surface area contributed by atoms with Gasteiger partial charge in [-0.3, -0.25) is 19.7 Å². The molecule has 0 aliphatic rings. The third-order valence-electron chi connectivity index (χ3n) is 4.06. The second kappa shape index (κ2) is 9.45. The Morgan fingerprint density at radius 3 is 2.24 bits per heavy atom. The van der Waals surface area contributed by atoms with Gasteiger partial charge in [-0.1, -0.05) is 0 Å². The first-order valence-corrected chi connectivity index (χ1v) is 8.62. The fourth-order valence-electron chi connectivity index (χ4n) is 2.35. The number of nitrogens with one attached hydrogen (secondary N) is 1. The number of anilines is 1. The van der Waals surface area contributed by atoms with Crippen LogP contribution >= 0.6 is 0 Å². The number of amides is 1. The van der Waals surface area contributed by atoms with Crippen LogP contribution in [0.15, 0.2) is 36.4 Å². The summed E-state index contributed by atoms with van der Waals surface area (Å²) < 4.78 is 10.0. The number of nitrogens with zero attached hydrogens (tertiary/aromatic N) is 1. The summed E-state index contributed by atoms with van der Waals surface area (Å²) in [5, 5.41) is 13.5. The molecule has 0 aromatic heterocycles. The van der Waals surface area contributed by atoms with E-state index in [9.17, 15) is 24.5 Å². The Hall–Kier alpha value is -3.75. The SMILES string of the molecule is CC(=O)c1ccc(OCC(=O)OCC(=O)Nc2cc(C)c(C)cc2[N+](=O)[O-])cc1. The van der Waals surface area contributed by atoms with Crippen LogP contribution < -0.4 is 10.1 Å². The average molecular weight is 400 g/mol. The first-order valence-electron chi connectivity index (χ1n) is 8.62. The maximum atomic E-state index is 12.0. The summed E-state index contributed by atoms with van der Waals surface area (Å²) in [6.07, 6.45) is 0. The zero-order chi connectivity index (χ0) is 21.6. The number of Topliss-reactive ketones (excluding diaryl/α,β-unsaturated/α-hetero) is 1. The van der Waals surface area contributed by atoms with E-state index in [0.717, 1.165) is 11.1 Å². The van der Waals surface area contributed by atoms with Crippen molar-refractivity contribution in [3.8, 4) is 5.75 Å². The molecule has 0 spiro atoms. The summed E-state index contributed by atoms with van der Waals surface area (Å²) in [6, 6.07) is 9.05. The van der Waals surface area contributed by atoms with Crippen LogP contribution in [0.2, 0.25) is 0 Å². The summed E-state index contributed by atoms with van der Waals surface area (Å²) >= 11 is 0. The quantitative estimate of drug-likeness (QED) is 0.312. The maximum Gasteiger partial charge on any atom is 0.344 e. The maximum absolute atomic E-state index is 12.0. The topological polar surface area (TPSA) is 125 Å². The molecule has 0 atom stereocenters. The van der Waals surface area contributed by atoms with Gasteiger partial charge in [-0.05, 0) is 62.2 Å². The van der Waals surface area contributed by atoms with Gasteiger partial charge in [0.1, 0.15) is 11.4 Å². The van der Waals surface area contributed by atoms with Crippen molar-refractivity contribution >= 4 is 29.0 Å². The van der Waals surface area contributed by atoms with Crippen LogP contribution in [0.4, 0.5) is 11.4 Å². The molecule has 9 heteroatoms. The molecule has 0 unspecified atom stereocenters. The minimum atomic E-state index is -0.787. The number of hydrogen-bond acceptors (Lipinski definition) is 7. The highest BCUT2D eigenvalue weighted by Gasteiger charge is 2.18. The van der Waals surface area contributed by atoms with Crippen molar-refractivity contribution in [2.75, 3.05) is 18.5 Å². The molecule has 1 amide bonds. The van der Waals surface area contributed by atoms with Gasteiger partial charge in [-0.15, -0.1) is 0 Å². The van der Waals surface area contributed by atoms with Crippen LogP contribution in [-0.2, 0) is 14.3 Å². The molecular weight excluding hydrogens is 380 g/mol. The smallest absolute Gasteiger partial charge is 0.344 e. The minimum absolute atomic E-state index is 0.0287. The van der Waals surface area contributed by atoms with Crippen LogP contribution in [0, 0.1) is 24.0 Å². The monoisotopic (exact) mass is 400 g/mol. The van der Waals surface area contributed by atoms with E-state index in [4.69, 9.17) is 9.47 Å². The number of nitro benzene ring substituents is 1. The predicted molar refractivity (Wildman–Crippen MR) is 104 cm³/mol. The van der Waals surface area contributed by atoms with E-state index in [2.05, 4.69) is 5.32 Å². The van der Waals surface area contributed by atoms with E-state index < -0.39 is 30.0 Å². The van der Waals surface area contributed by atoms with E-state index in [1.165, 1.54) is 31.2 Å². The lowest BCUT2D eigenvalue weighted by molar-refractivity contribution is -0.384. The van der Waals surface area contributed by atoms with Crippen LogP contribution in [0.5, 0.6) is 5.75 Å². The van der Waals surface area contributed by atoms with Gasteiger partial charge in [-0.2, -0.15) is 0 Å². The van der Waals surface area contributed by atoms with Crippen molar-refractivity contribution in [1.82, 2.24) is 0 Å². The van der Waals surface area contributed by atoms with Gasteiger partial charge in [-0.25, -0.2) is 4.79 Å². The van der Waals surface area contributed by atoms with Crippen molar-refractivity contribution in [2.45, 2.75) is 20.8 Å². The Kier molecular flexibility index (Phi) is 7.02. The molecular formula is C20H20N2O7. The molecule has 2 aromatic rings. The van der Waals surface area contributed by atoms with Crippen LogP contribution in [0.3, 0.4) is 0 Å². The van der Waals surface area contributed by atoms with E-state index in [0.29, 0.717) is 11.3 Å². The van der Waals surface area contributed by atoms with Crippen molar-refractivity contribution in [3.63, 3.8) is 0 Å². The molecule has 152 valence electrons. The molecule has 0 bridgehead atoms. The molecule has 0 saturated heterocycles. The van der Waals surface area contributed by atoms with E-state index in [1.807, 2.05) is 0 Å². The minimum Gasteiger partial charge on any atom is -0.482 e. The first kappa shape index (κ1) is 21.5. The van der Waals surface area contributed by atoms with Crippen molar-refractivity contribution in [3.05, 3.63) is 63.2 Å². The van der Waals surface area contributed by atoms with Crippen molar-refractivity contribution in [1.29, 1.82) is 0 Å². The lowest BCUT2D eigenvalue weighted by Crippen LogP contribution is -2.24. The normalized spacial score (nSPS) is 10.2. The highest BCUT2D eigenvalue weighted by molar-refractivity contribution is 5.95. The number of carbonyl (C=O) groups excluding carboxylic acids is 3. The standard InChI is InChI=1S/C20H20N2O7/c1-12-8-17(18(22(26)27)9-13(12)2)21-19(24)10-29-20(25)11-28-16-6-4-15(5-7-16)14(3)23/h4-9H,10-11H2,1-3H3,(H,21,24). The molecule has 0 aliphatic heterocycles. The number of esters is 1.